The van der Waals surface area contributed by atoms with E-state index in [4.69, 9.17) is 4.74 Å². The van der Waals surface area contributed by atoms with Crippen molar-refractivity contribution in [2.75, 3.05) is 13.7 Å². The maximum Gasteiger partial charge on any atom is 0.387 e. The van der Waals surface area contributed by atoms with Crippen molar-refractivity contribution < 1.29 is 32.2 Å². The summed E-state index contributed by atoms with van der Waals surface area (Å²) in [5.41, 5.74) is 1.39. The van der Waals surface area contributed by atoms with Gasteiger partial charge < -0.3 is 25.4 Å². The number of hydrogen-bond donors (Lipinski definition) is 3. The van der Waals surface area contributed by atoms with Gasteiger partial charge in [0.25, 0.3) is 0 Å². The first-order valence-corrected chi connectivity index (χ1v) is 10.5. The van der Waals surface area contributed by atoms with Gasteiger partial charge in [-0.2, -0.15) is 8.78 Å². The van der Waals surface area contributed by atoms with Crippen molar-refractivity contribution >= 4 is 11.9 Å². The van der Waals surface area contributed by atoms with Gasteiger partial charge >= 0.3 is 12.6 Å². The van der Waals surface area contributed by atoms with E-state index >= 15 is 0 Å². The molecule has 1 atom stereocenters. The molecule has 0 radical (unpaired) electrons. The number of halogens is 3. The number of alkyl halides is 2. The molecule has 0 bridgehead atoms. The smallest absolute Gasteiger partial charge is 0.387 e. The molecule has 3 N–H and O–H groups in total. The molecule has 0 heterocycles. The molecule has 33 heavy (non-hydrogen) atoms. The van der Waals surface area contributed by atoms with Crippen LogP contribution in [-0.4, -0.2) is 38.2 Å². The lowest BCUT2D eigenvalue weighted by molar-refractivity contribution is -0.123. The minimum Gasteiger partial charge on any atom is -0.493 e. The molecule has 2 aromatic carbocycles. The molecule has 0 aliphatic rings. The molecule has 0 aliphatic heterocycles. The second-order valence-electron chi connectivity index (χ2n) is 7.20. The number of hydrogen-bond acceptors (Lipinski definition) is 4. The van der Waals surface area contributed by atoms with E-state index in [-0.39, 0.29) is 36.3 Å². The first kappa shape index (κ1) is 25.8. The molecule has 10 heteroatoms. The van der Waals surface area contributed by atoms with E-state index in [2.05, 4.69) is 20.7 Å². The lowest BCUT2D eigenvalue weighted by Crippen LogP contribution is -2.50. The van der Waals surface area contributed by atoms with E-state index in [1.54, 1.807) is 18.2 Å². The van der Waals surface area contributed by atoms with Gasteiger partial charge in [-0.15, -0.1) is 0 Å². The van der Waals surface area contributed by atoms with Crippen molar-refractivity contribution in [1.82, 2.24) is 16.0 Å². The Morgan fingerprint density at radius 2 is 1.70 bits per heavy atom. The van der Waals surface area contributed by atoms with Crippen LogP contribution in [0.1, 0.15) is 30.9 Å². The van der Waals surface area contributed by atoms with E-state index in [1.165, 1.54) is 31.4 Å². The van der Waals surface area contributed by atoms with Crippen molar-refractivity contribution in [1.29, 1.82) is 0 Å². The molecule has 2 rings (SSSR count). The SMILES string of the molecule is CCCC(NC(=O)NCc1ccc(F)cc1)C(=O)NCCc1ccc(OC)c(OC(F)F)c1. The maximum absolute atomic E-state index is 13.0. The molecule has 0 aromatic heterocycles. The quantitative estimate of drug-likeness (QED) is 0.444. The first-order valence-electron chi connectivity index (χ1n) is 10.5. The van der Waals surface area contributed by atoms with E-state index in [0.29, 0.717) is 24.8 Å². The molecule has 0 aliphatic carbocycles. The molecular formula is C23H28F3N3O4. The van der Waals surface area contributed by atoms with Crippen molar-refractivity contribution in [2.45, 2.75) is 45.4 Å². The number of rotatable bonds is 12. The Morgan fingerprint density at radius 1 is 1.00 bits per heavy atom. The second kappa shape index (κ2) is 13.2. The Kier molecular flexibility index (Phi) is 10.3. The Hall–Kier alpha value is -3.43. The van der Waals surface area contributed by atoms with Gasteiger partial charge in [-0.25, -0.2) is 9.18 Å². The van der Waals surface area contributed by atoms with E-state index < -0.39 is 18.7 Å². The zero-order valence-electron chi connectivity index (χ0n) is 18.5. The molecule has 2 aromatic rings. The summed E-state index contributed by atoms with van der Waals surface area (Å²) < 4.78 is 47.6. The van der Waals surface area contributed by atoms with Crippen LogP contribution in [0.4, 0.5) is 18.0 Å². The van der Waals surface area contributed by atoms with Gasteiger partial charge in [0, 0.05) is 13.1 Å². The fourth-order valence-corrected chi connectivity index (χ4v) is 3.07. The monoisotopic (exact) mass is 467 g/mol. The fraction of sp³-hybridized carbons (Fsp3) is 0.391. The number of nitrogens with one attached hydrogen (secondary N) is 3. The minimum absolute atomic E-state index is 0.0836. The predicted molar refractivity (Wildman–Crippen MR) is 117 cm³/mol. The third-order valence-corrected chi connectivity index (χ3v) is 4.72. The van der Waals surface area contributed by atoms with Crippen LogP contribution in [0.25, 0.3) is 0 Å². The van der Waals surface area contributed by atoms with Gasteiger partial charge in [-0.3, -0.25) is 4.79 Å². The van der Waals surface area contributed by atoms with Crippen molar-refractivity contribution in [2.24, 2.45) is 0 Å². The first-order chi connectivity index (χ1) is 15.8. The van der Waals surface area contributed by atoms with E-state index in [0.717, 1.165) is 5.56 Å². The third kappa shape index (κ3) is 8.91. The largest absolute Gasteiger partial charge is 0.493 e. The van der Waals surface area contributed by atoms with Crippen LogP contribution in [0.2, 0.25) is 0 Å². The molecule has 180 valence electrons. The predicted octanol–water partition coefficient (Wildman–Crippen LogP) is 3.76. The number of carbonyl (C=O) groups is 2. The summed E-state index contributed by atoms with van der Waals surface area (Å²) in [4.78, 5) is 24.7. The fourth-order valence-electron chi connectivity index (χ4n) is 3.07. The van der Waals surface area contributed by atoms with Crippen LogP contribution in [0.5, 0.6) is 11.5 Å². The lowest BCUT2D eigenvalue weighted by Gasteiger charge is -2.18. The van der Waals surface area contributed by atoms with Crippen LogP contribution in [0.15, 0.2) is 42.5 Å². The van der Waals surface area contributed by atoms with E-state index in [1.807, 2.05) is 6.92 Å². The molecule has 1 unspecified atom stereocenters. The highest BCUT2D eigenvalue weighted by Gasteiger charge is 2.19. The molecule has 0 fully saturated rings. The minimum atomic E-state index is -2.98. The lowest BCUT2D eigenvalue weighted by atomic mass is 10.1. The van der Waals surface area contributed by atoms with Gasteiger partial charge in [-0.05, 0) is 48.2 Å². The highest BCUT2D eigenvalue weighted by Crippen LogP contribution is 2.29. The van der Waals surface area contributed by atoms with Crippen LogP contribution in [0, 0.1) is 5.82 Å². The average molecular weight is 467 g/mol. The number of urea groups is 1. The zero-order valence-corrected chi connectivity index (χ0v) is 18.5. The van der Waals surface area contributed by atoms with Crippen LogP contribution in [-0.2, 0) is 17.8 Å². The van der Waals surface area contributed by atoms with Gasteiger partial charge in [0.15, 0.2) is 11.5 Å². The molecule has 0 saturated carbocycles. The average Bonchev–Trinajstić information content (AvgIpc) is 2.78. The number of amides is 3. The summed E-state index contributed by atoms with van der Waals surface area (Å²) in [7, 11) is 1.35. The Bertz CT molecular complexity index is 910. The normalized spacial score (nSPS) is 11.6. The second-order valence-corrected chi connectivity index (χ2v) is 7.20. The highest BCUT2D eigenvalue weighted by atomic mass is 19.3. The van der Waals surface area contributed by atoms with Crippen LogP contribution in [0.3, 0.4) is 0 Å². The van der Waals surface area contributed by atoms with Crippen LogP contribution >= 0.6 is 0 Å². The molecule has 7 nitrogen and oxygen atoms in total. The third-order valence-electron chi connectivity index (χ3n) is 4.72. The Morgan fingerprint density at radius 3 is 2.33 bits per heavy atom. The molecule has 3 amide bonds. The summed E-state index contributed by atoms with van der Waals surface area (Å²) >= 11 is 0. The molecule has 0 saturated heterocycles. The number of methoxy groups -OCH3 is 1. The maximum atomic E-state index is 13.0. The van der Waals surface area contributed by atoms with Gasteiger partial charge in [0.05, 0.1) is 7.11 Å². The summed E-state index contributed by atoms with van der Waals surface area (Å²) in [5.74, 6) is -0.622. The number of ether oxygens (including phenoxy) is 2. The molecular weight excluding hydrogens is 439 g/mol. The van der Waals surface area contributed by atoms with Gasteiger partial charge in [-0.1, -0.05) is 31.5 Å². The van der Waals surface area contributed by atoms with Crippen molar-refractivity contribution in [3.05, 3.63) is 59.4 Å². The summed E-state index contributed by atoms with van der Waals surface area (Å²) in [6, 6.07) is 9.10. The summed E-state index contributed by atoms with van der Waals surface area (Å²) in [6.07, 6.45) is 1.47. The number of benzene rings is 2. The Labute approximate surface area is 190 Å². The van der Waals surface area contributed by atoms with Gasteiger partial charge in [0.2, 0.25) is 5.91 Å². The summed E-state index contributed by atoms with van der Waals surface area (Å²) in [5, 5.41) is 8.02. The summed E-state index contributed by atoms with van der Waals surface area (Å²) in [6.45, 7) is -0.671. The standard InChI is InChI=1S/C23H28F3N3O4/c1-3-4-18(29-23(31)28-14-16-5-8-17(24)9-6-16)21(30)27-12-11-15-7-10-19(32-2)20(13-15)33-22(25)26/h5-10,13,18,22H,3-4,11-12,14H2,1-2H3,(H,27,30)(H2,28,29,31). The van der Waals surface area contributed by atoms with Crippen molar-refractivity contribution in [3.8, 4) is 11.5 Å². The Balaban J connectivity index is 1.85. The van der Waals surface area contributed by atoms with Crippen LogP contribution < -0.4 is 25.4 Å². The van der Waals surface area contributed by atoms with Gasteiger partial charge in [0.1, 0.15) is 11.9 Å². The van der Waals surface area contributed by atoms with Crippen molar-refractivity contribution in [3.63, 3.8) is 0 Å². The van der Waals surface area contributed by atoms with E-state index in [9.17, 15) is 22.8 Å². The highest BCUT2D eigenvalue weighted by molar-refractivity contribution is 5.86. The molecule has 0 spiro atoms. The number of carbonyl (C=O) groups excluding carboxylic acids is 2. The zero-order chi connectivity index (χ0) is 24.2. The topological polar surface area (TPSA) is 88.7 Å².